The van der Waals surface area contributed by atoms with Crippen LogP contribution in [0.3, 0.4) is 0 Å². The summed E-state index contributed by atoms with van der Waals surface area (Å²) in [5.74, 6) is 0. The fraction of sp³-hybridized carbons (Fsp3) is 0.667. The van der Waals surface area contributed by atoms with E-state index < -0.39 is 0 Å². The maximum atomic E-state index is 5.26. The Labute approximate surface area is 129 Å². The molecule has 0 amide bonds. The Morgan fingerprint density at radius 3 is 2.62 bits per heavy atom. The summed E-state index contributed by atoms with van der Waals surface area (Å²) in [6, 6.07) is 9.68. The molecule has 1 N–H and O–H groups in total. The van der Waals surface area contributed by atoms with Gasteiger partial charge in [-0.05, 0) is 49.9 Å². The van der Waals surface area contributed by atoms with Crippen molar-refractivity contribution in [3.63, 3.8) is 0 Å². The number of ether oxygens (including phenoxy) is 1. The summed E-state index contributed by atoms with van der Waals surface area (Å²) in [7, 11) is 1.79. The van der Waals surface area contributed by atoms with E-state index in [2.05, 4.69) is 41.4 Å². The predicted octanol–water partition coefficient (Wildman–Crippen LogP) is 2.84. The molecular weight excluding hydrogens is 260 g/mol. The summed E-state index contributed by atoms with van der Waals surface area (Å²) in [6.45, 7) is 7.35. The lowest BCUT2D eigenvalue weighted by molar-refractivity contribution is 0.139. The fourth-order valence-electron chi connectivity index (χ4n) is 2.74. The molecule has 1 aromatic rings. The van der Waals surface area contributed by atoms with Gasteiger partial charge in [-0.1, -0.05) is 31.2 Å². The van der Waals surface area contributed by atoms with Crippen LogP contribution in [0.2, 0.25) is 0 Å². The van der Waals surface area contributed by atoms with Crippen molar-refractivity contribution in [1.82, 2.24) is 10.2 Å². The van der Waals surface area contributed by atoms with Crippen LogP contribution in [0.15, 0.2) is 24.3 Å². The van der Waals surface area contributed by atoms with Crippen LogP contribution >= 0.6 is 0 Å². The van der Waals surface area contributed by atoms with Crippen LogP contribution in [0.25, 0.3) is 0 Å². The van der Waals surface area contributed by atoms with Gasteiger partial charge in [0.25, 0.3) is 0 Å². The lowest BCUT2D eigenvalue weighted by Crippen LogP contribution is -2.29. The molecule has 0 radical (unpaired) electrons. The van der Waals surface area contributed by atoms with Gasteiger partial charge in [-0.3, -0.25) is 4.90 Å². The van der Waals surface area contributed by atoms with E-state index in [-0.39, 0.29) is 0 Å². The molecule has 1 aliphatic carbocycles. The van der Waals surface area contributed by atoms with Crippen molar-refractivity contribution in [2.75, 3.05) is 33.4 Å². The molecule has 0 aromatic heterocycles. The molecule has 3 heteroatoms. The van der Waals surface area contributed by atoms with E-state index in [1.54, 1.807) is 7.11 Å². The van der Waals surface area contributed by atoms with Crippen molar-refractivity contribution in [2.24, 2.45) is 0 Å². The van der Waals surface area contributed by atoms with E-state index in [0.29, 0.717) is 0 Å². The first-order valence-electron chi connectivity index (χ1n) is 8.35. The lowest BCUT2D eigenvalue weighted by atomic mass is 10.0. The molecule has 1 aromatic carbocycles. The summed E-state index contributed by atoms with van der Waals surface area (Å²) in [5.41, 5.74) is 2.97. The average molecular weight is 290 g/mol. The maximum absolute atomic E-state index is 5.26. The SMILES string of the molecule is CCCNCCc1ccccc1CN(CCOC)C1CC1. The number of methoxy groups -OCH3 is 1. The molecule has 0 saturated heterocycles. The van der Waals surface area contributed by atoms with Crippen LogP contribution in [0.4, 0.5) is 0 Å². The first kappa shape index (κ1) is 16.5. The molecule has 0 aliphatic heterocycles. The second-order valence-electron chi connectivity index (χ2n) is 5.96. The highest BCUT2D eigenvalue weighted by molar-refractivity contribution is 5.27. The van der Waals surface area contributed by atoms with Gasteiger partial charge in [0.05, 0.1) is 6.61 Å². The van der Waals surface area contributed by atoms with E-state index in [4.69, 9.17) is 4.74 Å². The summed E-state index contributed by atoms with van der Waals surface area (Å²) in [4.78, 5) is 2.59. The third kappa shape index (κ3) is 5.77. The first-order chi connectivity index (χ1) is 10.3. The van der Waals surface area contributed by atoms with Gasteiger partial charge in [-0.15, -0.1) is 0 Å². The van der Waals surface area contributed by atoms with Crippen molar-refractivity contribution < 1.29 is 4.74 Å². The number of rotatable bonds is 11. The normalized spacial score (nSPS) is 14.8. The Morgan fingerprint density at radius 1 is 1.19 bits per heavy atom. The summed E-state index contributed by atoms with van der Waals surface area (Å²) in [6.07, 6.45) is 5.03. The molecule has 21 heavy (non-hydrogen) atoms. The van der Waals surface area contributed by atoms with Crippen molar-refractivity contribution in [3.8, 4) is 0 Å². The van der Waals surface area contributed by atoms with E-state index in [9.17, 15) is 0 Å². The van der Waals surface area contributed by atoms with E-state index >= 15 is 0 Å². The Balaban J connectivity index is 1.91. The van der Waals surface area contributed by atoms with Gasteiger partial charge in [0.2, 0.25) is 0 Å². The lowest BCUT2D eigenvalue weighted by Gasteiger charge is -2.23. The number of nitrogens with zero attached hydrogens (tertiary/aromatic N) is 1. The van der Waals surface area contributed by atoms with Crippen molar-refractivity contribution in [3.05, 3.63) is 35.4 Å². The smallest absolute Gasteiger partial charge is 0.0589 e. The minimum absolute atomic E-state index is 0.784. The summed E-state index contributed by atoms with van der Waals surface area (Å²) < 4.78 is 5.26. The zero-order valence-corrected chi connectivity index (χ0v) is 13.6. The average Bonchev–Trinajstić information content (AvgIpc) is 3.34. The molecule has 0 unspecified atom stereocenters. The minimum Gasteiger partial charge on any atom is -0.383 e. The van der Waals surface area contributed by atoms with Crippen LogP contribution in [-0.2, 0) is 17.7 Å². The number of hydrogen-bond acceptors (Lipinski definition) is 3. The van der Waals surface area contributed by atoms with Gasteiger partial charge in [0, 0.05) is 26.2 Å². The van der Waals surface area contributed by atoms with Gasteiger partial charge >= 0.3 is 0 Å². The number of benzene rings is 1. The van der Waals surface area contributed by atoms with Gasteiger partial charge < -0.3 is 10.1 Å². The molecule has 1 fully saturated rings. The van der Waals surface area contributed by atoms with E-state index in [1.807, 2.05) is 0 Å². The Kier molecular flexibility index (Phi) is 7.20. The Bertz CT molecular complexity index is 404. The van der Waals surface area contributed by atoms with Gasteiger partial charge in [0.15, 0.2) is 0 Å². The molecule has 3 nitrogen and oxygen atoms in total. The van der Waals surface area contributed by atoms with E-state index in [1.165, 1.54) is 30.4 Å². The van der Waals surface area contributed by atoms with Gasteiger partial charge in [-0.25, -0.2) is 0 Å². The van der Waals surface area contributed by atoms with Crippen molar-refractivity contribution in [2.45, 2.75) is 45.2 Å². The highest BCUT2D eigenvalue weighted by atomic mass is 16.5. The molecule has 1 aliphatic rings. The highest BCUT2D eigenvalue weighted by Gasteiger charge is 2.28. The van der Waals surface area contributed by atoms with Gasteiger partial charge in [-0.2, -0.15) is 0 Å². The van der Waals surface area contributed by atoms with Crippen molar-refractivity contribution in [1.29, 1.82) is 0 Å². The molecule has 0 bridgehead atoms. The first-order valence-corrected chi connectivity index (χ1v) is 8.35. The van der Waals surface area contributed by atoms with Crippen LogP contribution in [0.5, 0.6) is 0 Å². The third-order valence-corrected chi connectivity index (χ3v) is 4.14. The zero-order valence-electron chi connectivity index (χ0n) is 13.6. The standard InChI is InChI=1S/C18H30N2O/c1-3-11-19-12-10-16-6-4-5-7-17(16)15-20(13-14-21-2)18-8-9-18/h4-7,18-19H,3,8-15H2,1-2H3. The maximum Gasteiger partial charge on any atom is 0.0589 e. The summed E-state index contributed by atoms with van der Waals surface area (Å²) in [5, 5.41) is 3.50. The third-order valence-electron chi connectivity index (χ3n) is 4.14. The van der Waals surface area contributed by atoms with Crippen LogP contribution < -0.4 is 5.32 Å². The number of nitrogens with one attached hydrogen (secondary N) is 1. The quantitative estimate of drug-likeness (QED) is 0.634. The largest absolute Gasteiger partial charge is 0.383 e. The Hall–Kier alpha value is -0.900. The Morgan fingerprint density at radius 2 is 1.95 bits per heavy atom. The van der Waals surface area contributed by atoms with E-state index in [0.717, 1.165) is 45.2 Å². The van der Waals surface area contributed by atoms with Crippen molar-refractivity contribution >= 4 is 0 Å². The molecule has 1 saturated carbocycles. The van der Waals surface area contributed by atoms with Crippen LogP contribution in [0.1, 0.15) is 37.3 Å². The molecule has 2 rings (SSSR count). The molecular formula is C18H30N2O. The number of hydrogen-bond donors (Lipinski definition) is 1. The fourth-order valence-corrected chi connectivity index (χ4v) is 2.74. The molecule has 118 valence electrons. The van der Waals surface area contributed by atoms with Gasteiger partial charge in [0.1, 0.15) is 0 Å². The molecule has 0 spiro atoms. The molecule has 0 atom stereocenters. The zero-order chi connectivity index (χ0) is 14.9. The molecule has 0 heterocycles. The monoisotopic (exact) mass is 290 g/mol. The second-order valence-corrected chi connectivity index (χ2v) is 5.96. The second kappa shape index (κ2) is 9.19. The van der Waals surface area contributed by atoms with Crippen LogP contribution in [0, 0.1) is 0 Å². The topological polar surface area (TPSA) is 24.5 Å². The minimum atomic E-state index is 0.784. The summed E-state index contributed by atoms with van der Waals surface area (Å²) >= 11 is 0. The highest BCUT2D eigenvalue weighted by Crippen LogP contribution is 2.28. The predicted molar refractivity (Wildman–Crippen MR) is 88.6 cm³/mol. The van der Waals surface area contributed by atoms with Crippen LogP contribution in [-0.4, -0.2) is 44.3 Å².